The van der Waals surface area contributed by atoms with Gasteiger partial charge in [-0.15, -0.1) is 0 Å². The van der Waals surface area contributed by atoms with E-state index in [1.807, 2.05) is 0 Å². The standard InChI is InChI=1S/C16H22N2/c17-11-4-8-15-9-5-12-18(13-10-15)14-16-6-2-1-3-7-16/h1-3,6-7,15H,4-5,8-10,12-14H2. The molecule has 0 aliphatic carbocycles. The molecule has 18 heavy (non-hydrogen) atoms. The molecule has 1 aromatic carbocycles. The SMILES string of the molecule is N#CCCC1CCCN(Cc2ccccc2)CC1. The van der Waals surface area contributed by atoms with Gasteiger partial charge < -0.3 is 0 Å². The van der Waals surface area contributed by atoms with Crippen LogP contribution < -0.4 is 0 Å². The second-order valence-electron chi connectivity index (χ2n) is 5.26. The van der Waals surface area contributed by atoms with Crippen molar-refractivity contribution in [3.8, 4) is 6.07 Å². The summed E-state index contributed by atoms with van der Waals surface area (Å²) in [6, 6.07) is 13.0. The van der Waals surface area contributed by atoms with Crippen molar-refractivity contribution in [2.45, 2.75) is 38.6 Å². The maximum atomic E-state index is 8.65. The van der Waals surface area contributed by atoms with Crippen LogP contribution in [-0.4, -0.2) is 18.0 Å². The normalized spacial score (nSPS) is 21.2. The Kier molecular flexibility index (Phi) is 5.23. The maximum absolute atomic E-state index is 8.65. The molecule has 1 saturated heterocycles. The van der Waals surface area contributed by atoms with Crippen LogP contribution in [0.5, 0.6) is 0 Å². The van der Waals surface area contributed by atoms with Gasteiger partial charge in [0.2, 0.25) is 0 Å². The summed E-state index contributed by atoms with van der Waals surface area (Å²) in [4.78, 5) is 2.56. The fourth-order valence-corrected chi connectivity index (χ4v) is 2.78. The average molecular weight is 242 g/mol. The highest BCUT2D eigenvalue weighted by Crippen LogP contribution is 2.22. The fourth-order valence-electron chi connectivity index (χ4n) is 2.78. The van der Waals surface area contributed by atoms with Gasteiger partial charge in [0.15, 0.2) is 0 Å². The highest BCUT2D eigenvalue weighted by atomic mass is 15.1. The minimum atomic E-state index is 0.726. The predicted octanol–water partition coefficient (Wildman–Crippen LogP) is 3.59. The van der Waals surface area contributed by atoms with Crippen LogP contribution in [0.4, 0.5) is 0 Å². The molecular formula is C16H22N2. The zero-order chi connectivity index (χ0) is 12.6. The Morgan fingerprint density at radius 2 is 2.00 bits per heavy atom. The van der Waals surface area contributed by atoms with Crippen molar-refractivity contribution in [2.75, 3.05) is 13.1 Å². The van der Waals surface area contributed by atoms with Crippen LogP contribution >= 0.6 is 0 Å². The van der Waals surface area contributed by atoms with Crippen LogP contribution in [0.1, 0.15) is 37.7 Å². The number of hydrogen-bond donors (Lipinski definition) is 0. The third kappa shape index (κ3) is 4.16. The zero-order valence-electron chi connectivity index (χ0n) is 11.0. The summed E-state index contributed by atoms with van der Waals surface area (Å²) in [5.41, 5.74) is 1.41. The molecule has 1 aliphatic heterocycles. The highest BCUT2D eigenvalue weighted by molar-refractivity contribution is 5.14. The molecule has 2 nitrogen and oxygen atoms in total. The third-order valence-corrected chi connectivity index (χ3v) is 3.85. The number of hydrogen-bond acceptors (Lipinski definition) is 2. The predicted molar refractivity (Wildman–Crippen MR) is 73.9 cm³/mol. The van der Waals surface area contributed by atoms with Crippen LogP contribution in [0.25, 0.3) is 0 Å². The van der Waals surface area contributed by atoms with Gasteiger partial charge in [0.05, 0.1) is 6.07 Å². The molecule has 1 atom stereocenters. The van der Waals surface area contributed by atoms with E-state index in [1.165, 1.54) is 37.9 Å². The van der Waals surface area contributed by atoms with Crippen LogP contribution in [0.3, 0.4) is 0 Å². The van der Waals surface area contributed by atoms with Crippen molar-refractivity contribution in [2.24, 2.45) is 5.92 Å². The van der Waals surface area contributed by atoms with Crippen molar-refractivity contribution in [1.29, 1.82) is 5.26 Å². The topological polar surface area (TPSA) is 27.0 Å². The second-order valence-corrected chi connectivity index (χ2v) is 5.26. The van der Waals surface area contributed by atoms with Crippen molar-refractivity contribution in [3.05, 3.63) is 35.9 Å². The van der Waals surface area contributed by atoms with E-state index in [0.29, 0.717) is 0 Å². The number of rotatable bonds is 4. The fraction of sp³-hybridized carbons (Fsp3) is 0.562. The molecule has 0 radical (unpaired) electrons. The average Bonchev–Trinajstić information content (AvgIpc) is 2.63. The zero-order valence-corrected chi connectivity index (χ0v) is 11.0. The first-order chi connectivity index (χ1) is 8.88. The van der Waals surface area contributed by atoms with Crippen LogP contribution in [0, 0.1) is 17.2 Å². The van der Waals surface area contributed by atoms with E-state index in [2.05, 4.69) is 41.3 Å². The van der Waals surface area contributed by atoms with Gasteiger partial charge in [-0.2, -0.15) is 5.26 Å². The maximum Gasteiger partial charge on any atom is 0.0621 e. The highest BCUT2D eigenvalue weighted by Gasteiger charge is 2.16. The Balaban J connectivity index is 1.80. The van der Waals surface area contributed by atoms with Crippen LogP contribution in [-0.2, 0) is 6.54 Å². The van der Waals surface area contributed by atoms with E-state index in [1.54, 1.807) is 0 Å². The van der Waals surface area contributed by atoms with Gasteiger partial charge in [-0.3, -0.25) is 4.90 Å². The molecule has 0 aromatic heterocycles. The molecular weight excluding hydrogens is 220 g/mol. The molecule has 2 rings (SSSR count). The molecule has 96 valence electrons. The van der Waals surface area contributed by atoms with E-state index in [9.17, 15) is 0 Å². The van der Waals surface area contributed by atoms with Crippen molar-refractivity contribution in [1.82, 2.24) is 4.90 Å². The lowest BCUT2D eigenvalue weighted by Crippen LogP contribution is -2.24. The Hall–Kier alpha value is -1.33. The van der Waals surface area contributed by atoms with Gasteiger partial charge in [-0.25, -0.2) is 0 Å². The summed E-state index contributed by atoms with van der Waals surface area (Å²) in [6.07, 6.45) is 5.66. The van der Waals surface area contributed by atoms with Gasteiger partial charge in [0.25, 0.3) is 0 Å². The molecule has 0 amide bonds. The Bertz CT molecular complexity index is 380. The monoisotopic (exact) mass is 242 g/mol. The molecule has 0 N–H and O–H groups in total. The summed E-state index contributed by atoms with van der Waals surface area (Å²) in [5.74, 6) is 0.769. The Morgan fingerprint density at radius 3 is 2.78 bits per heavy atom. The molecule has 1 heterocycles. The number of benzene rings is 1. The van der Waals surface area contributed by atoms with E-state index in [0.717, 1.165) is 25.3 Å². The first-order valence-corrected chi connectivity index (χ1v) is 7.01. The third-order valence-electron chi connectivity index (χ3n) is 3.85. The van der Waals surface area contributed by atoms with E-state index in [4.69, 9.17) is 5.26 Å². The molecule has 0 bridgehead atoms. The summed E-state index contributed by atoms with van der Waals surface area (Å²) < 4.78 is 0. The lowest BCUT2D eigenvalue weighted by atomic mass is 9.96. The van der Waals surface area contributed by atoms with E-state index in [-0.39, 0.29) is 0 Å². The van der Waals surface area contributed by atoms with Crippen LogP contribution in [0.15, 0.2) is 30.3 Å². The Morgan fingerprint density at radius 1 is 1.17 bits per heavy atom. The molecule has 2 heteroatoms. The first-order valence-electron chi connectivity index (χ1n) is 7.01. The van der Waals surface area contributed by atoms with Gasteiger partial charge >= 0.3 is 0 Å². The van der Waals surface area contributed by atoms with Gasteiger partial charge in [-0.05, 0) is 50.3 Å². The van der Waals surface area contributed by atoms with Gasteiger partial charge in [0, 0.05) is 13.0 Å². The molecule has 0 saturated carbocycles. The smallest absolute Gasteiger partial charge is 0.0621 e. The number of nitrogens with zero attached hydrogens (tertiary/aromatic N) is 2. The lowest BCUT2D eigenvalue weighted by molar-refractivity contribution is 0.271. The largest absolute Gasteiger partial charge is 0.299 e. The summed E-state index contributed by atoms with van der Waals surface area (Å²) >= 11 is 0. The number of nitriles is 1. The molecule has 1 aliphatic rings. The van der Waals surface area contributed by atoms with Crippen molar-refractivity contribution in [3.63, 3.8) is 0 Å². The second kappa shape index (κ2) is 7.18. The minimum Gasteiger partial charge on any atom is -0.299 e. The molecule has 1 unspecified atom stereocenters. The summed E-state index contributed by atoms with van der Waals surface area (Å²) in [6.45, 7) is 3.47. The summed E-state index contributed by atoms with van der Waals surface area (Å²) in [5, 5.41) is 8.65. The molecule has 1 aromatic rings. The quantitative estimate of drug-likeness (QED) is 0.806. The van der Waals surface area contributed by atoms with E-state index >= 15 is 0 Å². The van der Waals surface area contributed by atoms with Crippen molar-refractivity contribution < 1.29 is 0 Å². The number of likely N-dealkylation sites (tertiary alicyclic amines) is 1. The minimum absolute atomic E-state index is 0.726. The molecule has 1 fully saturated rings. The lowest BCUT2D eigenvalue weighted by Gasteiger charge is -2.20. The molecule has 0 spiro atoms. The van der Waals surface area contributed by atoms with Crippen LogP contribution in [0.2, 0.25) is 0 Å². The van der Waals surface area contributed by atoms with Crippen molar-refractivity contribution >= 4 is 0 Å². The first kappa shape index (κ1) is 13.1. The van der Waals surface area contributed by atoms with Gasteiger partial charge in [-0.1, -0.05) is 30.3 Å². The summed E-state index contributed by atoms with van der Waals surface area (Å²) in [7, 11) is 0. The Labute approximate surface area is 110 Å². The van der Waals surface area contributed by atoms with Gasteiger partial charge in [0.1, 0.15) is 0 Å². The van der Waals surface area contributed by atoms with E-state index < -0.39 is 0 Å².